The van der Waals surface area contributed by atoms with E-state index < -0.39 is 11.9 Å². The van der Waals surface area contributed by atoms with Crippen molar-refractivity contribution in [1.82, 2.24) is 0 Å². The molecule has 1 rings (SSSR count). The third-order valence-corrected chi connectivity index (χ3v) is 2.36. The second kappa shape index (κ2) is 5.35. The van der Waals surface area contributed by atoms with E-state index in [1.54, 1.807) is 18.2 Å². The third kappa shape index (κ3) is 3.38. The van der Waals surface area contributed by atoms with Gasteiger partial charge in [-0.2, -0.15) is 0 Å². The lowest BCUT2D eigenvalue weighted by molar-refractivity contribution is -0.140. The lowest BCUT2D eigenvalue weighted by Gasteiger charge is -2.12. The Morgan fingerprint density at radius 1 is 1.40 bits per heavy atom. The van der Waals surface area contributed by atoms with Crippen molar-refractivity contribution in [2.24, 2.45) is 0 Å². The Hall–Kier alpha value is -0.770. The molecule has 0 saturated heterocycles. The number of carbonyl (C=O) groups is 1. The van der Waals surface area contributed by atoms with Gasteiger partial charge in [0.1, 0.15) is 5.92 Å². The molecule has 0 bridgehead atoms. The molecule has 0 saturated carbocycles. The zero-order valence-corrected chi connectivity index (χ0v) is 9.55. The van der Waals surface area contributed by atoms with Gasteiger partial charge in [0.25, 0.3) is 0 Å². The fourth-order valence-electron chi connectivity index (χ4n) is 1.25. The van der Waals surface area contributed by atoms with E-state index in [1.165, 1.54) is 7.11 Å². The molecule has 82 valence electrons. The summed E-state index contributed by atoms with van der Waals surface area (Å²) in [6, 6.07) is 4.70. The van der Waals surface area contributed by atoms with Gasteiger partial charge >= 0.3 is 5.97 Å². The first-order valence-electron chi connectivity index (χ1n) is 4.22. The number of ether oxygens (including phenoxy) is 1. The van der Waals surface area contributed by atoms with Gasteiger partial charge in [0, 0.05) is 17.2 Å². The molecule has 15 heavy (non-hydrogen) atoms. The molecule has 5 heteroatoms. The number of rotatable bonds is 4. The molecule has 1 atom stereocenters. The molecule has 0 fully saturated rings. The van der Waals surface area contributed by atoms with Gasteiger partial charge in [-0.3, -0.25) is 4.79 Å². The summed E-state index contributed by atoms with van der Waals surface area (Å²) in [5, 5.41) is 9.81. The standard InChI is InChI=1S/C10H10Cl2O3/c1-15-5-9(10(13)14)6-2-7(11)4-8(12)3-6/h2-4,9H,5H2,1H3,(H,13,14). The van der Waals surface area contributed by atoms with Gasteiger partial charge in [0.2, 0.25) is 0 Å². The van der Waals surface area contributed by atoms with Crippen molar-refractivity contribution in [3.8, 4) is 0 Å². The Bertz CT molecular complexity index is 345. The Morgan fingerprint density at radius 3 is 2.33 bits per heavy atom. The van der Waals surface area contributed by atoms with Gasteiger partial charge < -0.3 is 9.84 Å². The predicted octanol–water partition coefficient (Wildman–Crippen LogP) is 2.81. The van der Waals surface area contributed by atoms with Crippen LogP contribution in [0.5, 0.6) is 0 Å². The van der Waals surface area contributed by atoms with E-state index >= 15 is 0 Å². The van der Waals surface area contributed by atoms with Gasteiger partial charge in [0.15, 0.2) is 0 Å². The van der Waals surface area contributed by atoms with Crippen LogP contribution >= 0.6 is 23.2 Å². The van der Waals surface area contributed by atoms with Crippen molar-refractivity contribution in [2.45, 2.75) is 5.92 Å². The Balaban J connectivity index is 3.05. The maximum Gasteiger partial charge on any atom is 0.313 e. The van der Waals surface area contributed by atoms with Gasteiger partial charge in [-0.05, 0) is 23.8 Å². The molecule has 0 amide bonds. The van der Waals surface area contributed by atoms with Crippen molar-refractivity contribution in [3.63, 3.8) is 0 Å². The SMILES string of the molecule is COCC(C(=O)O)c1cc(Cl)cc(Cl)c1. The molecular weight excluding hydrogens is 239 g/mol. The minimum absolute atomic E-state index is 0.0893. The minimum atomic E-state index is -0.963. The molecule has 1 aromatic carbocycles. The average molecular weight is 249 g/mol. The van der Waals surface area contributed by atoms with Gasteiger partial charge in [-0.15, -0.1) is 0 Å². The zero-order chi connectivity index (χ0) is 11.4. The van der Waals surface area contributed by atoms with Crippen molar-refractivity contribution in [3.05, 3.63) is 33.8 Å². The first kappa shape index (κ1) is 12.3. The second-order valence-corrected chi connectivity index (χ2v) is 3.92. The largest absolute Gasteiger partial charge is 0.481 e. The van der Waals surface area contributed by atoms with E-state index in [1.807, 2.05) is 0 Å². The fraction of sp³-hybridized carbons (Fsp3) is 0.300. The molecule has 0 spiro atoms. The van der Waals surface area contributed by atoms with Crippen LogP contribution < -0.4 is 0 Å². The maximum absolute atomic E-state index is 10.9. The number of benzene rings is 1. The molecular formula is C10H10Cl2O3. The van der Waals surface area contributed by atoms with Crippen LogP contribution in [0, 0.1) is 0 Å². The summed E-state index contributed by atoms with van der Waals surface area (Å²) in [4.78, 5) is 10.9. The van der Waals surface area contributed by atoms with Crippen LogP contribution in [0.1, 0.15) is 11.5 Å². The highest BCUT2D eigenvalue weighted by molar-refractivity contribution is 6.34. The monoisotopic (exact) mass is 248 g/mol. The highest BCUT2D eigenvalue weighted by Gasteiger charge is 2.20. The van der Waals surface area contributed by atoms with Gasteiger partial charge in [-0.1, -0.05) is 23.2 Å². The summed E-state index contributed by atoms with van der Waals surface area (Å²) in [7, 11) is 1.45. The van der Waals surface area contributed by atoms with Crippen molar-refractivity contribution in [1.29, 1.82) is 0 Å². The summed E-state index contributed by atoms with van der Waals surface area (Å²) in [5.74, 6) is -1.71. The van der Waals surface area contributed by atoms with Crippen molar-refractivity contribution in [2.75, 3.05) is 13.7 Å². The van der Waals surface area contributed by atoms with E-state index in [0.29, 0.717) is 15.6 Å². The molecule has 0 aliphatic rings. The fourth-order valence-corrected chi connectivity index (χ4v) is 1.80. The molecule has 0 aliphatic heterocycles. The summed E-state index contributed by atoms with van der Waals surface area (Å²) in [6.45, 7) is 0.0893. The Kier molecular flexibility index (Phi) is 4.39. The molecule has 1 unspecified atom stereocenters. The van der Waals surface area contributed by atoms with E-state index in [4.69, 9.17) is 33.0 Å². The van der Waals surface area contributed by atoms with Crippen LogP contribution in [0.25, 0.3) is 0 Å². The van der Waals surface area contributed by atoms with Crippen LogP contribution in [0.2, 0.25) is 10.0 Å². The topological polar surface area (TPSA) is 46.5 Å². The van der Waals surface area contributed by atoms with E-state index in [9.17, 15) is 4.79 Å². The van der Waals surface area contributed by atoms with E-state index in [2.05, 4.69) is 0 Å². The molecule has 1 N–H and O–H groups in total. The van der Waals surface area contributed by atoms with Crippen LogP contribution in [-0.4, -0.2) is 24.8 Å². The van der Waals surface area contributed by atoms with Crippen molar-refractivity contribution >= 4 is 29.2 Å². The van der Waals surface area contributed by atoms with E-state index in [-0.39, 0.29) is 6.61 Å². The Morgan fingerprint density at radius 2 is 1.93 bits per heavy atom. The lowest BCUT2D eigenvalue weighted by Crippen LogP contribution is -2.16. The number of methoxy groups -OCH3 is 1. The predicted molar refractivity (Wildman–Crippen MR) is 58.7 cm³/mol. The number of halogens is 2. The summed E-state index contributed by atoms with van der Waals surface area (Å²) in [6.07, 6.45) is 0. The quantitative estimate of drug-likeness (QED) is 0.892. The number of hydrogen-bond acceptors (Lipinski definition) is 2. The van der Waals surface area contributed by atoms with Crippen molar-refractivity contribution < 1.29 is 14.6 Å². The average Bonchev–Trinajstić information content (AvgIpc) is 2.11. The van der Waals surface area contributed by atoms with Crippen LogP contribution in [0.3, 0.4) is 0 Å². The molecule has 0 radical (unpaired) electrons. The highest BCUT2D eigenvalue weighted by Crippen LogP contribution is 2.25. The van der Waals surface area contributed by atoms with Crippen LogP contribution in [0.15, 0.2) is 18.2 Å². The Labute approximate surface area is 97.6 Å². The van der Waals surface area contributed by atoms with E-state index in [0.717, 1.165) is 0 Å². The number of carboxylic acid groups (broad SMARTS) is 1. The van der Waals surface area contributed by atoms with Crippen LogP contribution in [0.4, 0.5) is 0 Å². The summed E-state index contributed by atoms with van der Waals surface area (Å²) in [5.41, 5.74) is 0.543. The highest BCUT2D eigenvalue weighted by atomic mass is 35.5. The van der Waals surface area contributed by atoms with Crippen LogP contribution in [-0.2, 0) is 9.53 Å². The number of carboxylic acids is 1. The zero-order valence-electron chi connectivity index (χ0n) is 8.04. The summed E-state index contributed by atoms with van der Waals surface area (Å²) < 4.78 is 4.83. The first-order valence-corrected chi connectivity index (χ1v) is 4.98. The smallest absolute Gasteiger partial charge is 0.313 e. The molecule has 1 aromatic rings. The molecule has 0 heterocycles. The van der Waals surface area contributed by atoms with Gasteiger partial charge in [-0.25, -0.2) is 0 Å². The number of hydrogen-bond donors (Lipinski definition) is 1. The maximum atomic E-state index is 10.9. The minimum Gasteiger partial charge on any atom is -0.481 e. The first-order chi connectivity index (χ1) is 7.04. The lowest BCUT2D eigenvalue weighted by atomic mass is 10.0. The molecule has 0 aromatic heterocycles. The molecule has 3 nitrogen and oxygen atoms in total. The third-order valence-electron chi connectivity index (χ3n) is 1.92. The number of aliphatic carboxylic acids is 1. The van der Waals surface area contributed by atoms with Gasteiger partial charge in [0.05, 0.1) is 6.61 Å². The summed E-state index contributed by atoms with van der Waals surface area (Å²) >= 11 is 11.6. The normalized spacial score (nSPS) is 12.5. The second-order valence-electron chi connectivity index (χ2n) is 3.05. The molecule has 0 aliphatic carbocycles.